The minimum Gasteiger partial charge on any atom is -0.494 e. The lowest BCUT2D eigenvalue weighted by Crippen LogP contribution is -1.98. The summed E-state index contributed by atoms with van der Waals surface area (Å²) in [4.78, 5) is 13.2. The van der Waals surface area contributed by atoms with E-state index in [9.17, 15) is 0 Å². The molecule has 112 valence electrons. The standard InChI is InChI=1S/C16H16N4OS/c1-3-21-13-6-4-12(5-7-13)19-16-17-9-8-14(20-16)15-10-22-11(2)18-15/h4-10H,3H2,1-2H3,(H,17,19,20). The van der Waals surface area contributed by atoms with Crippen LogP contribution in [-0.2, 0) is 0 Å². The van der Waals surface area contributed by atoms with Gasteiger partial charge in [-0.15, -0.1) is 11.3 Å². The van der Waals surface area contributed by atoms with E-state index in [4.69, 9.17) is 4.74 Å². The summed E-state index contributed by atoms with van der Waals surface area (Å²) in [7, 11) is 0. The van der Waals surface area contributed by atoms with E-state index in [-0.39, 0.29) is 0 Å². The van der Waals surface area contributed by atoms with Crippen molar-refractivity contribution in [2.24, 2.45) is 0 Å². The van der Waals surface area contributed by atoms with Crippen LogP contribution in [0.25, 0.3) is 11.4 Å². The van der Waals surface area contributed by atoms with Gasteiger partial charge in [-0.2, -0.15) is 0 Å². The summed E-state index contributed by atoms with van der Waals surface area (Å²) >= 11 is 1.61. The van der Waals surface area contributed by atoms with Crippen LogP contribution in [0.4, 0.5) is 11.6 Å². The number of aryl methyl sites for hydroxylation is 1. The number of nitrogens with zero attached hydrogens (tertiary/aromatic N) is 3. The molecule has 3 aromatic rings. The molecule has 0 radical (unpaired) electrons. The first kappa shape index (κ1) is 14.5. The number of thiazole rings is 1. The minimum atomic E-state index is 0.548. The molecule has 0 amide bonds. The zero-order chi connectivity index (χ0) is 15.4. The maximum absolute atomic E-state index is 5.42. The summed E-state index contributed by atoms with van der Waals surface area (Å²) in [6.07, 6.45) is 1.73. The van der Waals surface area contributed by atoms with Gasteiger partial charge in [0.2, 0.25) is 5.95 Å². The second-order valence-electron chi connectivity index (χ2n) is 4.60. The largest absolute Gasteiger partial charge is 0.494 e. The highest BCUT2D eigenvalue weighted by atomic mass is 32.1. The molecule has 0 atom stereocenters. The lowest BCUT2D eigenvalue weighted by Gasteiger charge is -2.07. The maximum Gasteiger partial charge on any atom is 0.227 e. The van der Waals surface area contributed by atoms with E-state index in [2.05, 4.69) is 20.3 Å². The fraction of sp³-hybridized carbons (Fsp3) is 0.188. The molecule has 3 rings (SSSR count). The molecule has 0 saturated heterocycles. The molecule has 0 aliphatic heterocycles. The van der Waals surface area contributed by atoms with Crippen LogP contribution in [0.15, 0.2) is 41.9 Å². The Morgan fingerprint density at radius 3 is 2.59 bits per heavy atom. The van der Waals surface area contributed by atoms with Crippen LogP contribution in [0, 0.1) is 6.92 Å². The molecular formula is C16H16N4OS. The monoisotopic (exact) mass is 312 g/mol. The Kier molecular flexibility index (Phi) is 4.29. The average molecular weight is 312 g/mol. The first-order valence-electron chi connectivity index (χ1n) is 7.00. The van der Waals surface area contributed by atoms with E-state index in [0.29, 0.717) is 12.6 Å². The van der Waals surface area contributed by atoms with Crippen molar-refractivity contribution in [3.8, 4) is 17.1 Å². The Bertz CT molecular complexity index is 755. The van der Waals surface area contributed by atoms with E-state index >= 15 is 0 Å². The Morgan fingerprint density at radius 1 is 1.09 bits per heavy atom. The number of benzene rings is 1. The number of nitrogens with one attached hydrogen (secondary N) is 1. The molecule has 5 nitrogen and oxygen atoms in total. The normalized spacial score (nSPS) is 10.5. The number of aromatic nitrogens is 3. The molecular weight excluding hydrogens is 296 g/mol. The van der Waals surface area contributed by atoms with Crippen LogP contribution in [0.1, 0.15) is 11.9 Å². The van der Waals surface area contributed by atoms with Gasteiger partial charge in [-0.05, 0) is 44.2 Å². The van der Waals surface area contributed by atoms with Crippen molar-refractivity contribution in [1.29, 1.82) is 0 Å². The van der Waals surface area contributed by atoms with E-state index in [1.54, 1.807) is 17.5 Å². The molecule has 0 fully saturated rings. The summed E-state index contributed by atoms with van der Waals surface area (Å²) in [6, 6.07) is 9.57. The van der Waals surface area contributed by atoms with Crippen LogP contribution in [0.3, 0.4) is 0 Å². The van der Waals surface area contributed by atoms with E-state index in [1.165, 1.54) is 0 Å². The van der Waals surface area contributed by atoms with Crippen molar-refractivity contribution < 1.29 is 4.74 Å². The molecule has 2 aromatic heterocycles. The Morgan fingerprint density at radius 2 is 1.91 bits per heavy atom. The van der Waals surface area contributed by atoms with E-state index in [0.717, 1.165) is 27.8 Å². The molecule has 0 unspecified atom stereocenters. The first-order chi connectivity index (χ1) is 10.7. The van der Waals surface area contributed by atoms with Gasteiger partial charge in [-0.3, -0.25) is 0 Å². The molecule has 2 heterocycles. The second-order valence-corrected chi connectivity index (χ2v) is 5.66. The van der Waals surface area contributed by atoms with Crippen LogP contribution in [0.5, 0.6) is 5.75 Å². The van der Waals surface area contributed by atoms with Gasteiger partial charge >= 0.3 is 0 Å². The zero-order valence-corrected chi connectivity index (χ0v) is 13.2. The van der Waals surface area contributed by atoms with E-state index < -0.39 is 0 Å². The van der Waals surface area contributed by atoms with Crippen molar-refractivity contribution in [3.63, 3.8) is 0 Å². The Balaban J connectivity index is 1.77. The molecule has 0 bridgehead atoms. The molecule has 0 aliphatic carbocycles. The Hall–Kier alpha value is -2.47. The van der Waals surface area contributed by atoms with Gasteiger partial charge in [0.1, 0.15) is 11.4 Å². The van der Waals surface area contributed by atoms with Crippen molar-refractivity contribution in [1.82, 2.24) is 15.0 Å². The van der Waals surface area contributed by atoms with Crippen molar-refractivity contribution in [3.05, 3.63) is 46.9 Å². The average Bonchev–Trinajstić information content (AvgIpc) is 2.97. The van der Waals surface area contributed by atoms with Gasteiger partial charge in [-0.25, -0.2) is 15.0 Å². The molecule has 0 spiro atoms. The predicted molar refractivity (Wildman–Crippen MR) is 88.8 cm³/mol. The number of rotatable bonds is 5. The van der Waals surface area contributed by atoms with Crippen LogP contribution >= 0.6 is 11.3 Å². The summed E-state index contributed by atoms with van der Waals surface area (Å²) in [5.74, 6) is 1.40. The minimum absolute atomic E-state index is 0.548. The highest BCUT2D eigenvalue weighted by molar-refractivity contribution is 7.09. The van der Waals surface area contributed by atoms with Gasteiger partial charge in [0.05, 0.1) is 17.3 Å². The van der Waals surface area contributed by atoms with Gasteiger partial charge in [0, 0.05) is 17.3 Å². The van der Waals surface area contributed by atoms with Crippen molar-refractivity contribution in [2.45, 2.75) is 13.8 Å². The van der Waals surface area contributed by atoms with Crippen LogP contribution in [-0.4, -0.2) is 21.6 Å². The quantitative estimate of drug-likeness (QED) is 0.770. The number of hydrogen-bond acceptors (Lipinski definition) is 6. The lowest BCUT2D eigenvalue weighted by atomic mass is 10.3. The summed E-state index contributed by atoms with van der Waals surface area (Å²) < 4.78 is 5.42. The molecule has 1 N–H and O–H groups in total. The lowest BCUT2D eigenvalue weighted by molar-refractivity contribution is 0.340. The van der Waals surface area contributed by atoms with Crippen LogP contribution < -0.4 is 10.1 Å². The van der Waals surface area contributed by atoms with E-state index in [1.807, 2.05) is 49.6 Å². The first-order valence-corrected chi connectivity index (χ1v) is 7.88. The Labute approximate surface area is 133 Å². The fourth-order valence-corrected chi connectivity index (χ4v) is 2.58. The van der Waals surface area contributed by atoms with Crippen LogP contribution in [0.2, 0.25) is 0 Å². The third-order valence-corrected chi connectivity index (χ3v) is 3.73. The number of ether oxygens (including phenoxy) is 1. The van der Waals surface area contributed by atoms with Gasteiger partial charge < -0.3 is 10.1 Å². The summed E-state index contributed by atoms with van der Waals surface area (Å²) in [5.41, 5.74) is 2.60. The second kappa shape index (κ2) is 6.53. The van der Waals surface area contributed by atoms with Gasteiger partial charge in [0.25, 0.3) is 0 Å². The molecule has 1 aromatic carbocycles. The summed E-state index contributed by atoms with van der Waals surface area (Å²) in [5, 5.41) is 6.21. The van der Waals surface area contributed by atoms with Crippen molar-refractivity contribution in [2.75, 3.05) is 11.9 Å². The maximum atomic E-state index is 5.42. The highest BCUT2D eigenvalue weighted by Crippen LogP contribution is 2.22. The molecule has 6 heteroatoms. The fourth-order valence-electron chi connectivity index (χ4n) is 1.97. The molecule has 22 heavy (non-hydrogen) atoms. The molecule has 0 aliphatic rings. The number of anilines is 2. The SMILES string of the molecule is CCOc1ccc(Nc2nccc(-c3csc(C)n3)n2)cc1. The predicted octanol–water partition coefficient (Wildman–Crippen LogP) is 4.05. The topological polar surface area (TPSA) is 59.9 Å². The number of hydrogen-bond donors (Lipinski definition) is 1. The summed E-state index contributed by atoms with van der Waals surface area (Å²) in [6.45, 7) is 4.60. The smallest absolute Gasteiger partial charge is 0.227 e. The molecule has 0 saturated carbocycles. The zero-order valence-electron chi connectivity index (χ0n) is 12.4. The van der Waals surface area contributed by atoms with Gasteiger partial charge in [-0.1, -0.05) is 0 Å². The van der Waals surface area contributed by atoms with Crippen molar-refractivity contribution >= 4 is 23.0 Å². The van der Waals surface area contributed by atoms with Gasteiger partial charge in [0.15, 0.2) is 0 Å². The highest BCUT2D eigenvalue weighted by Gasteiger charge is 2.06. The third-order valence-electron chi connectivity index (χ3n) is 2.96. The third kappa shape index (κ3) is 3.40.